The summed E-state index contributed by atoms with van der Waals surface area (Å²) >= 11 is 7.68. The van der Waals surface area contributed by atoms with Gasteiger partial charge in [-0.25, -0.2) is 0 Å². The summed E-state index contributed by atoms with van der Waals surface area (Å²) in [5, 5.41) is 0.741. The molecule has 0 radical (unpaired) electrons. The Hall–Kier alpha value is -0.470. The smallest absolute Gasteiger partial charge is 0.146 e. The summed E-state index contributed by atoms with van der Waals surface area (Å²) in [6, 6.07) is 7.73. The van der Waals surface area contributed by atoms with Crippen LogP contribution >= 0.6 is 23.4 Å². The normalized spacial score (nSPS) is 27.2. The Morgan fingerprint density at radius 2 is 1.84 bits per heavy atom. The van der Waals surface area contributed by atoms with Crippen molar-refractivity contribution in [3.05, 3.63) is 29.3 Å². The molecule has 0 amide bonds. The van der Waals surface area contributed by atoms with Crippen LogP contribution in [0.2, 0.25) is 5.02 Å². The fourth-order valence-electron chi connectivity index (χ4n) is 3.04. The minimum Gasteiger partial charge on any atom is -0.298 e. The van der Waals surface area contributed by atoms with Crippen LogP contribution in [0.15, 0.2) is 29.2 Å². The number of Topliss-reactive ketones (excluding diaryl/α,β-unsaturated/α-hetero) is 1. The lowest BCUT2D eigenvalue weighted by molar-refractivity contribution is -0.122. The van der Waals surface area contributed by atoms with E-state index in [-0.39, 0.29) is 5.92 Å². The van der Waals surface area contributed by atoms with Crippen molar-refractivity contribution in [1.82, 2.24) is 0 Å². The molecule has 19 heavy (non-hydrogen) atoms. The van der Waals surface area contributed by atoms with Gasteiger partial charge in [-0.1, -0.05) is 37.6 Å². The molecule has 0 aromatic heterocycles. The van der Waals surface area contributed by atoms with E-state index in [1.54, 1.807) is 11.8 Å². The molecule has 1 saturated carbocycles. The molecular formula is C16H21ClOS. The zero-order valence-electron chi connectivity index (χ0n) is 11.6. The Morgan fingerprint density at radius 1 is 1.21 bits per heavy atom. The molecule has 2 atom stereocenters. The van der Waals surface area contributed by atoms with Crippen molar-refractivity contribution in [1.29, 1.82) is 0 Å². The predicted molar refractivity (Wildman–Crippen MR) is 82.9 cm³/mol. The van der Waals surface area contributed by atoms with Crippen LogP contribution in [-0.2, 0) is 4.79 Å². The molecule has 0 spiro atoms. The lowest BCUT2D eigenvalue weighted by Crippen LogP contribution is -2.27. The third-order valence-corrected chi connectivity index (χ3v) is 5.38. The van der Waals surface area contributed by atoms with Crippen molar-refractivity contribution in [2.75, 3.05) is 5.75 Å². The van der Waals surface area contributed by atoms with E-state index in [0.717, 1.165) is 22.8 Å². The van der Waals surface area contributed by atoms with Crippen LogP contribution in [0.1, 0.15) is 33.1 Å². The molecule has 0 N–H and O–H groups in total. The van der Waals surface area contributed by atoms with E-state index < -0.39 is 0 Å². The van der Waals surface area contributed by atoms with Gasteiger partial charge in [0.2, 0.25) is 0 Å². The van der Waals surface area contributed by atoms with Crippen molar-refractivity contribution >= 4 is 29.1 Å². The summed E-state index contributed by atoms with van der Waals surface area (Å²) in [5.41, 5.74) is 0. The maximum Gasteiger partial charge on any atom is 0.146 e. The molecule has 1 aromatic rings. The monoisotopic (exact) mass is 296 g/mol. The number of halogens is 1. The molecule has 3 heteroatoms. The summed E-state index contributed by atoms with van der Waals surface area (Å²) in [4.78, 5) is 13.3. The fourth-order valence-corrected chi connectivity index (χ4v) is 4.25. The number of carbonyl (C=O) groups is 1. The molecule has 0 saturated heterocycles. The number of carbonyl (C=O) groups excluding carboxylic acids is 1. The average molecular weight is 297 g/mol. The van der Waals surface area contributed by atoms with Gasteiger partial charge in [-0.15, -0.1) is 11.8 Å². The van der Waals surface area contributed by atoms with Gasteiger partial charge in [0.05, 0.1) is 10.8 Å². The van der Waals surface area contributed by atoms with Crippen molar-refractivity contribution in [3.63, 3.8) is 0 Å². The highest BCUT2D eigenvalue weighted by atomic mass is 35.5. The summed E-state index contributed by atoms with van der Waals surface area (Å²) < 4.78 is 0. The molecule has 0 bridgehead atoms. The van der Waals surface area contributed by atoms with E-state index in [1.165, 1.54) is 6.42 Å². The van der Waals surface area contributed by atoms with E-state index in [9.17, 15) is 4.79 Å². The second kappa shape index (κ2) is 6.81. The van der Waals surface area contributed by atoms with Crippen molar-refractivity contribution < 1.29 is 4.79 Å². The molecule has 1 aliphatic rings. The van der Waals surface area contributed by atoms with Crippen molar-refractivity contribution in [3.8, 4) is 0 Å². The molecule has 0 heterocycles. The zero-order valence-corrected chi connectivity index (χ0v) is 13.1. The Bertz CT molecular complexity index is 436. The van der Waals surface area contributed by atoms with Gasteiger partial charge in [0.1, 0.15) is 5.78 Å². The highest BCUT2D eigenvalue weighted by Gasteiger charge is 2.28. The van der Waals surface area contributed by atoms with Gasteiger partial charge < -0.3 is 0 Å². The first kappa shape index (κ1) is 14.9. The molecule has 2 rings (SSSR count). The number of hydrogen-bond acceptors (Lipinski definition) is 2. The molecule has 1 nitrogen and oxygen atoms in total. The number of rotatable bonds is 4. The van der Waals surface area contributed by atoms with Gasteiger partial charge in [-0.05, 0) is 43.2 Å². The van der Waals surface area contributed by atoms with E-state index in [0.29, 0.717) is 23.4 Å². The van der Waals surface area contributed by atoms with Crippen molar-refractivity contribution in [2.24, 2.45) is 17.8 Å². The number of ketones is 1. The third-order valence-electron chi connectivity index (χ3n) is 3.84. The van der Waals surface area contributed by atoms with Gasteiger partial charge >= 0.3 is 0 Å². The van der Waals surface area contributed by atoms with E-state index in [4.69, 9.17) is 11.6 Å². The number of hydrogen-bond donors (Lipinski definition) is 0. The maximum atomic E-state index is 12.3. The number of thioether (sulfide) groups is 1. The highest BCUT2D eigenvalue weighted by Crippen LogP contribution is 2.35. The van der Waals surface area contributed by atoms with Gasteiger partial charge in [-0.3, -0.25) is 4.79 Å². The molecular weight excluding hydrogens is 276 g/mol. The summed E-state index contributed by atoms with van der Waals surface area (Å²) in [6.07, 6.45) is 3.39. The van der Waals surface area contributed by atoms with E-state index >= 15 is 0 Å². The summed E-state index contributed by atoms with van der Waals surface area (Å²) in [7, 11) is 0. The maximum absolute atomic E-state index is 12.3. The minimum atomic E-state index is 0.258. The largest absolute Gasteiger partial charge is 0.298 e. The van der Waals surface area contributed by atoms with Gasteiger partial charge in [0.25, 0.3) is 0 Å². The molecule has 0 aliphatic heterocycles. The van der Waals surface area contributed by atoms with Crippen LogP contribution < -0.4 is 0 Å². The molecule has 104 valence electrons. The Labute approximate surface area is 125 Å². The second-order valence-electron chi connectivity index (χ2n) is 5.80. The molecule has 2 unspecified atom stereocenters. The van der Waals surface area contributed by atoms with Gasteiger partial charge in [-0.2, -0.15) is 0 Å². The summed E-state index contributed by atoms with van der Waals surface area (Å²) in [5.74, 6) is 2.57. The Morgan fingerprint density at radius 3 is 2.47 bits per heavy atom. The van der Waals surface area contributed by atoms with Crippen molar-refractivity contribution in [2.45, 2.75) is 38.0 Å². The molecule has 1 aromatic carbocycles. The SMILES string of the molecule is CC1CC(C)CC(C(=O)CSc2ccccc2Cl)C1. The standard InChI is InChI=1S/C16H21ClOS/c1-11-7-12(2)9-13(8-11)15(18)10-19-16-6-4-3-5-14(16)17/h3-6,11-13H,7-10H2,1-2H3. The first-order chi connectivity index (χ1) is 9.06. The lowest BCUT2D eigenvalue weighted by Gasteiger charge is -2.30. The average Bonchev–Trinajstić information content (AvgIpc) is 2.36. The topological polar surface area (TPSA) is 17.1 Å². The van der Waals surface area contributed by atoms with Gasteiger partial charge in [0.15, 0.2) is 0 Å². The van der Waals surface area contributed by atoms with Crippen LogP contribution in [-0.4, -0.2) is 11.5 Å². The van der Waals surface area contributed by atoms with Crippen LogP contribution in [0.5, 0.6) is 0 Å². The first-order valence-corrected chi connectivity index (χ1v) is 8.32. The Kier molecular flexibility index (Phi) is 5.35. The number of benzene rings is 1. The third kappa shape index (κ3) is 4.25. The van der Waals surface area contributed by atoms with Crippen LogP contribution in [0.3, 0.4) is 0 Å². The van der Waals surface area contributed by atoms with Crippen LogP contribution in [0.25, 0.3) is 0 Å². The van der Waals surface area contributed by atoms with Crippen LogP contribution in [0.4, 0.5) is 0 Å². The summed E-state index contributed by atoms with van der Waals surface area (Å²) in [6.45, 7) is 4.52. The fraction of sp³-hybridized carbons (Fsp3) is 0.562. The molecule has 1 aliphatic carbocycles. The lowest BCUT2D eigenvalue weighted by atomic mass is 9.75. The second-order valence-corrected chi connectivity index (χ2v) is 7.22. The van der Waals surface area contributed by atoms with Gasteiger partial charge in [0, 0.05) is 10.8 Å². The zero-order chi connectivity index (χ0) is 13.8. The first-order valence-electron chi connectivity index (χ1n) is 6.96. The highest BCUT2D eigenvalue weighted by molar-refractivity contribution is 8.00. The Balaban J connectivity index is 1.89. The van der Waals surface area contributed by atoms with E-state index in [2.05, 4.69) is 13.8 Å². The quantitative estimate of drug-likeness (QED) is 0.721. The molecule has 1 fully saturated rings. The van der Waals surface area contributed by atoms with Crippen LogP contribution in [0, 0.1) is 17.8 Å². The predicted octanol–water partition coefficient (Wildman–Crippen LogP) is 5.07. The van der Waals surface area contributed by atoms with E-state index in [1.807, 2.05) is 24.3 Å². The minimum absolute atomic E-state index is 0.258.